The number of hydrogen-bond donors (Lipinski definition) is 2. The molecule has 8 nitrogen and oxygen atoms in total. The average molecular weight is 417 g/mol. The SMILES string of the molecule is CS(=O)(=O)Nc1cc(-n2c(=O)cc(C(F)(F)F)n(N)c2=O)c(F)cc1Cl. The van der Waals surface area contributed by atoms with Crippen LogP contribution < -0.4 is 21.8 Å². The summed E-state index contributed by atoms with van der Waals surface area (Å²) in [5.74, 6) is 3.79. The van der Waals surface area contributed by atoms with Crippen LogP contribution in [0.5, 0.6) is 0 Å². The molecule has 3 N–H and O–H groups in total. The lowest BCUT2D eigenvalue weighted by Crippen LogP contribution is -2.45. The van der Waals surface area contributed by atoms with Crippen LogP contribution in [0.25, 0.3) is 5.69 Å². The third kappa shape index (κ3) is 3.83. The highest BCUT2D eigenvalue weighted by Gasteiger charge is 2.36. The normalized spacial score (nSPS) is 12.2. The number of aromatic nitrogens is 2. The van der Waals surface area contributed by atoms with E-state index >= 15 is 0 Å². The number of anilines is 1. The van der Waals surface area contributed by atoms with E-state index < -0.39 is 55.4 Å². The third-order valence-electron chi connectivity index (χ3n) is 3.00. The van der Waals surface area contributed by atoms with Crippen molar-refractivity contribution in [3.05, 3.63) is 55.6 Å². The van der Waals surface area contributed by atoms with E-state index in [0.29, 0.717) is 12.1 Å². The summed E-state index contributed by atoms with van der Waals surface area (Å²) < 4.78 is 76.6. The Kier molecular flexibility index (Phi) is 4.81. The quantitative estimate of drug-likeness (QED) is 0.569. The summed E-state index contributed by atoms with van der Waals surface area (Å²) in [4.78, 5) is 24.0. The number of rotatable bonds is 3. The Morgan fingerprint density at radius 3 is 2.27 bits per heavy atom. The molecule has 0 aliphatic heterocycles. The molecule has 0 unspecified atom stereocenters. The molecule has 0 aliphatic carbocycles. The largest absolute Gasteiger partial charge is 0.433 e. The number of nitrogens with one attached hydrogen (secondary N) is 1. The van der Waals surface area contributed by atoms with Crippen molar-refractivity contribution < 1.29 is 26.0 Å². The van der Waals surface area contributed by atoms with Crippen molar-refractivity contribution in [2.45, 2.75) is 6.18 Å². The minimum Gasteiger partial charge on any atom is -0.335 e. The Balaban J connectivity index is 2.82. The lowest BCUT2D eigenvalue weighted by atomic mass is 10.2. The maximum absolute atomic E-state index is 14.1. The minimum absolute atomic E-state index is 0.000880. The van der Waals surface area contributed by atoms with Crippen LogP contribution >= 0.6 is 11.6 Å². The Morgan fingerprint density at radius 2 is 1.77 bits per heavy atom. The van der Waals surface area contributed by atoms with Crippen molar-refractivity contribution in [1.29, 1.82) is 0 Å². The zero-order valence-electron chi connectivity index (χ0n) is 12.6. The summed E-state index contributed by atoms with van der Waals surface area (Å²) in [7, 11) is -3.87. The second-order valence-electron chi connectivity index (χ2n) is 5.01. The molecule has 0 spiro atoms. The van der Waals surface area contributed by atoms with Crippen molar-refractivity contribution in [3.8, 4) is 5.69 Å². The van der Waals surface area contributed by atoms with E-state index in [1.165, 1.54) is 0 Å². The zero-order chi connectivity index (χ0) is 20.0. The van der Waals surface area contributed by atoms with Crippen LogP contribution in [-0.2, 0) is 16.2 Å². The first-order valence-corrected chi connectivity index (χ1v) is 8.68. The van der Waals surface area contributed by atoms with Crippen LogP contribution in [0, 0.1) is 5.82 Å². The van der Waals surface area contributed by atoms with Crippen LogP contribution in [0.4, 0.5) is 23.2 Å². The van der Waals surface area contributed by atoms with Gasteiger partial charge in [-0.3, -0.25) is 9.52 Å². The number of sulfonamides is 1. The summed E-state index contributed by atoms with van der Waals surface area (Å²) in [6.07, 6.45) is -4.35. The fourth-order valence-corrected chi connectivity index (χ4v) is 2.81. The predicted molar refractivity (Wildman–Crippen MR) is 84.9 cm³/mol. The van der Waals surface area contributed by atoms with Gasteiger partial charge in [0.15, 0.2) is 5.69 Å². The van der Waals surface area contributed by atoms with E-state index in [-0.39, 0.29) is 15.3 Å². The molecule has 1 heterocycles. The van der Waals surface area contributed by atoms with Gasteiger partial charge in [0.05, 0.1) is 22.7 Å². The average Bonchev–Trinajstić information content (AvgIpc) is 2.45. The van der Waals surface area contributed by atoms with Crippen molar-refractivity contribution in [3.63, 3.8) is 0 Å². The van der Waals surface area contributed by atoms with Gasteiger partial charge in [-0.05, 0) is 12.1 Å². The maximum Gasteiger partial charge on any atom is 0.433 e. The molecule has 1 aromatic heterocycles. The molecular weight excluding hydrogens is 408 g/mol. The standard InChI is InChI=1S/C12H9ClF4N4O4S/c1-26(24,25)19-7-3-8(6(14)2-5(7)13)20-10(22)4-9(12(15,16)17)21(18)11(20)23/h2-4,19H,18H2,1H3. The molecule has 0 fully saturated rings. The van der Waals surface area contributed by atoms with E-state index in [9.17, 15) is 35.6 Å². The van der Waals surface area contributed by atoms with Gasteiger partial charge in [0, 0.05) is 6.07 Å². The van der Waals surface area contributed by atoms with E-state index in [2.05, 4.69) is 0 Å². The van der Waals surface area contributed by atoms with Gasteiger partial charge in [0.2, 0.25) is 10.0 Å². The van der Waals surface area contributed by atoms with Crippen LogP contribution in [-0.4, -0.2) is 23.9 Å². The number of hydrogen-bond acceptors (Lipinski definition) is 5. The summed E-state index contributed by atoms with van der Waals surface area (Å²) in [6.45, 7) is 0. The lowest BCUT2D eigenvalue weighted by molar-refractivity contribution is -0.143. The molecule has 0 amide bonds. The minimum atomic E-state index is -5.10. The van der Waals surface area contributed by atoms with Gasteiger partial charge < -0.3 is 5.84 Å². The van der Waals surface area contributed by atoms with Gasteiger partial charge in [-0.25, -0.2) is 26.8 Å². The van der Waals surface area contributed by atoms with Gasteiger partial charge >= 0.3 is 11.9 Å². The van der Waals surface area contributed by atoms with Crippen molar-refractivity contribution in [2.75, 3.05) is 16.8 Å². The summed E-state index contributed by atoms with van der Waals surface area (Å²) in [6, 6.07) is 1.25. The molecular formula is C12H9ClF4N4O4S. The summed E-state index contributed by atoms with van der Waals surface area (Å²) in [5, 5.41) is -0.412. The second-order valence-corrected chi connectivity index (χ2v) is 7.17. The zero-order valence-corrected chi connectivity index (χ0v) is 14.2. The van der Waals surface area contributed by atoms with Crippen molar-refractivity contribution in [1.82, 2.24) is 9.24 Å². The highest BCUT2D eigenvalue weighted by molar-refractivity contribution is 7.92. The molecule has 14 heteroatoms. The number of nitrogens with two attached hydrogens (primary N) is 1. The molecule has 2 rings (SSSR count). The lowest BCUT2D eigenvalue weighted by Gasteiger charge is -2.15. The Morgan fingerprint density at radius 1 is 1.19 bits per heavy atom. The van der Waals surface area contributed by atoms with Crippen LogP contribution in [0.2, 0.25) is 5.02 Å². The molecule has 26 heavy (non-hydrogen) atoms. The van der Waals surface area contributed by atoms with Crippen molar-refractivity contribution >= 4 is 27.3 Å². The highest BCUT2D eigenvalue weighted by atomic mass is 35.5. The first kappa shape index (κ1) is 19.8. The molecule has 0 saturated heterocycles. The predicted octanol–water partition coefficient (Wildman–Crippen LogP) is 0.896. The number of nitrogens with zero attached hydrogens (tertiary/aromatic N) is 2. The van der Waals surface area contributed by atoms with Crippen LogP contribution in [0.1, 0.15) is 5.69 Å². The molecule has 1 aromatic carbocycles. The fourth-order valence-electron chi connectivity index (χ4n) is 1.98. The molecule has 142 valence electrons. The molecule has 0 bridgehead atoms. The Labute approximate surface area is 147 Å². The van der Waals surface area contributed by atoms with Gasteiger partial charge in [-0.1, -0.05) is 11.6 Å². The van der Waals surface area contributed by atoms with Gasteiger partial charge in [0.1, 0.15) is 5.82 Å². The van der Waals surface area contributed by atoms with Crippen LogP contribution in [0.3, 0.4) is 0 Å². The number of alkyl halides is 3. The molecule has 0 saturated carbocycles. The first-order valence-electron chi connectivity index (χ1n) is 6.41. The van der Waals surface area contributed by atoms with E-state index in [1.54, 1.807) is 0 Å². The van der Waals surface area contributed by atoms with E-state index in [0.717, 1.165) is 6.26 Å². The third-order valence-corrected chi connectivity index (χ3v) is 3.90. The van der Waals surface area contributed by atoms with E-state index in [1.807, 2.05) is 4.72 Å². The van der Waals surface area contributed by atoms with Gasteiger partial charge in [0.25, 0.3) is 5.56 Å². The molecule has 0 atom stereocenters. The number of halogens is 5. The molecule has 0 radical (unpaired) electrons. The number of nitrogen functional groups attached to an aromatic ring is 1. The molecule has 2 aromatic rings. The van der Waals surface area contributed by atoms with Crippen LogP contribution in [0.15, 0.2) is 27.8 Å². The summed E-state index contributed by atoms with van der Waals surface area (Å²) >= 11 is 5.68. The monoisotopic (exact) mass is 416 g/mol. The van der Waals surface area contributed by atoms with Gasteiger partial charge in [-0.15, -0.1) is 0 Å². The van der Waals surface area contributed by atoms with Gasteiger partial charge in [-0.2, -0.15) is 13.2 Å². The molecule has 0 aliphatic rings. The fraction of sp³-hybridized carbons (Fsp3) is 0.167. The Bertz CT molecular complexity index is 1110. The Hall–Kier alpha value is -2.54. The second kappa shape index (κ2) is 6.32. The number of benzene rings is 1. The maximum atomic E-state index is 14.1. The van der Waals surface area contributed by atoms with E-state index in [4.69, 9.17) is 17.4 Å². The first-order chi connectivity index (χ1) is 11.7. The summed E-state index contributed by atoms with van der Waals surface area (Å²) in [5.41, 5.74) is -6.22. The highest BCUT2D eigenvalue weighted by Crippen LogP contribution is 2.29. The smallest absolute Gasteiger partial charge is 0.335 e. The topological polar surface area (TPSA) is 116 Å². The van der Waals surface area contributed by atoms with Crippen molar-refractivity contribution in [2.24, 2.45) is 0 Å².